The van der Waals surface area contributed by atoms with E-state index in [0.29, 0.717) is 18.8 Å². The lowest BCUT2D eigenvalue weighted by Gasteiger charge is -2.29. The Labute approximate surface area is 229 Å². The van der Waals surface area contributed by atoms with Gasteiger partial charge < -0.3 is 19.3 Å². The van der Waals surface area contributed by atoms with Crippen LogP contribution in [0, 0.1) is 5.82 Å². The first-order chi connectivity index (χ1) is 19.2. The van der Waals surface area contributed by atoms with Gasteiger partial charge in [-0.3, -0.25) is 14.7 Å². The van der Waals surface area contributed by atoms with Gasteiger partial charge in [0.2, 0.25) is 0 Å². The summed E-state index contributed by atoms with van der Waals surface area (Å²) >= 11 is 0. The summed E-state index contributed by atoms with van der Waals surface area (Å²) < 4.78 is 35.4. The summed E-state index contributed by atoms with van der Waals surface area (Å²) in [5.41, 5.74) is 2.30. The van der Waals surface area contributed by atoms with Gasteiger partial charge in [-0.05, 0) is 51.7 Å². The number of rotatable bonds is 7. The lowest BCUT2D eigenvalue weighted by Crippen LogP contribution is -2.26. The Bertz CT molecular complexity index is 1530. The molecule has 6 rings (SSSR count). The summed E-state index contributed by atoms with van der Waals surface area (Å²) in [5, 5.41) is 21.9. The zero-order chi connectivity index (χ0) is 27.9. The Balaban J connectivity index is 1.25. The van der Waals surface area contributed by atoms with Crippen LogP contribution in [0.5, 0.6) is 5.75 Å². The molecule has 1 saturated heterocycles. The van der Waals surface area contributed by atoms with Crippen molar-refractivity contribution in [3.8, 4) is 17.0 Å². The minimum absolute atomic E-state index is 0.0538. The third-order valence-electron chi connectivity index (χ3n) is 7.31. The van der Waals surface area contributed by atoms with E-state index in [2.05, 4.69) is 15.4 Å². The van der Waals surface area contributed by atoms with Gasteiger partial charge in [0, 0.05) is 29.4 Å². The van der Waals surface area contributed by atoms with Gasteiger partial charge in [0.1, 0.15) is 17.6 Å². The number of fused-ring (bicyclic) bond motifs is 1. The summed E-state index contributed by atoms with van der Waals surface area (Å²) in [7, 11) is 0. The van der Waals surface area contributed by atoms with Crippen LogP contribution in [0.4, 0.5) is 15.0 Å². The molecule has 11 nitrogen and oxygen atoms in total. The molecule has 1 amide bonds. The van der Waals surface area contributed by atoms with Crippen molar-refractivity contribution in [1.82, 2.24) is 24.5 Å². The van der Waals surface area contributed by atoms with Crippen LogP contribution in [-0.4, -0.2) is 60.3 Å². The van der Waals surface area contributed by atoms with Gasteiger partial charge in [0.15, 0.2) is 17.4 Å². The summed E-state index contributed by atoms with van der Waals surface area (Å²) in [5.74, 6) is -0.485. The summed E-state index contributed by atoms with van der Waals surface area (Å²) in [6.07, 6.45) is 6.94. The monoisotopic (exact) mass is 550 g/mol. The Hall–Kier alpha value is -4.03. The number of carbonyl (C=O) groups is 1. The Morgan fingerprint density at radius 1 is 1.23 bits per heavy atom. The number of anilines is 1. The van der Waals surface area contributed by atoms with Crippen molar-refractivity contribution in [2.75, 3.05) is 11.9 Å². The van der Waals surface area contributed by atoms with E-state index in [0.717, 1.165) is 42.1 Å². The molecule has 0 spiro atoms. The largest absolute Gasteiger partial charge is 0.487 e. The second kappa shape index (κ2) is 10.5. The molecule has 1 aliphatic heterocycles. The van der Waals surface area contributed by atoms with Gasteiger partial charge in [-0.1, -0.05) is 12.1 Å². The van der Waals surface area contributed by atoms with Gasteiger partial charge in [-0.25, -0.2) is 14.2 Å². The van der Waals surface area contributed by atoms with Gasteiger partial charge in [0.05, 0.1) is 37.0 Å². The van der Waals surface area contributed by atoms with Crippen molar-refractivity contribution in [3.63, 3.8) is 0 Å². The number of carboxylic acid groups (broad SMARTS) is 1. The molecule has 210 valence electrons. The standard InChI is InChI=1S/C28H31FN6O5/c1-28(2)38-16-20(40-28)15-34-14-17(12-31-34)26-21-13-30-25(32-27(36)37)11-23(21)35(33-26)18-7-9-19(10-8-18)39-24-6-4-3-5-22(24)29/h3-6,11-14,18-20H,7-10,15-16H2,1-2H3,(H,30,32)(H,36,37)/t18?,19?,20-/m1/s1. The predicted octanol–water partition coefficient (Wildman–Crippen LogP) is 5.24. The smallest absolute Gasteiger partial charge is 0.410 e. The maximum absolute atomic E-state index is 14.1. The van der Waals surface area contributed by atoms with Gasteiger partial charge in [-0.2, -0.15) is 10.2 Å². The highest BCUT2D eigenvalue weighted by atomic mass is 19.1. The van der Waals surface area contributed by atoms with E-state index in [1.807, 2.05) is 29.4 Å². The molecular formula is C28H31FN6O5. The molecule has 0 radical (unpaired) electrons. The summed E-state index contributed by atoms with van der Waals surface area (Å²) in [4.78, 5) is 15.6. The zero-order valence-electron chi connectivity index (χ0n) is 22.3. The van der Waals surface area contributed by atoms with E-state index in [1.165, 1.54) is 6.07 Å². The molecule has 1 saturated carbocycles. The van der Waals surface area contributed by atoms with Gasteiger partial charge >= 0.3 is 6.09 Å². The molecule has 2 N–H and O–H groups in total. The fraction of sp³-hybridized carbons (Fsp3) is 0.429. The number of hydrogen-bond donors (Lipinski definition) is 2. The number of nitrogens with zero attached hydrogens (tertiary/aromatic N) is 5. The van der Waals surface area contributed by atoms with Crippen LogP contribution in [-0.2, 0) is 16.0 Å². The number of nitrogens with one attached hydrogen (secondary N) is 1. The van der Waals surface area contributed by atoms with Gasteiger partial charge in [0.25, 0.3) is 0 Å². The van der Waals surface area contributed by atoms with Crippen molar-refractivity contribution in [1.29, 1.82) is 0 Å². The molecule has 1 aliphatic carbocycles. The van der Waals surface area contributed by atoms with Crippen LogP contribution in [0.25, 0.3) is 22.2 Å². The molecule has 1 aromatic carbocycles. The second-order valence-electron chi connectivity index (χ2n) is 10.7. The molecule has 0 bridgehead atoms. The fourth-order valence-corrected chi connectivity index (χ4v) is 5.48. The van der Waals surface area contributed by atoms with Crippen molar-refractivity contribution >= 4 is 22.8 Å². The number of amides is 1. The van der Waals surface area contributed by atoms with Crippen LogP contribution in [0.1, 0.15) is 45.6 Å². The molecule has 4 heterocycles. The normalized spacial score (nSPS) is 22.4. The van der Waals surface area contributed by atoms with Crippen LogP contribution in [0.2, 0.25) is 0 Å². The average molecular weight is 551 g/mol. The number of ether oxygens (including phenoxy) is 3. The molecule has 1 atom stereocenters. The first-order valence-electron chi connectivity index (χ1n) is 13.4. The van der Waals surface area contributed by atoms with Crippen molar-refractivity contribution in [2.45, 2.75) is 70.1 Å². The van der Waals surface area contributed by atoms with E-state index in [4.69, 9.17) is 19.3 Å². The molecule has 2 fully saturated rings. The maximum Gasteiger partial charge on any atom is 0.410 e. The molecule has 2 aliphatic rings. The van der Waals surface area contributed by atoms with Gasteiger partial charge in [-0.15, -0.1) is 0 Å². The van der Waals surface area contributed by atoms with Crippen molar-refractivity contribution in [2.24, 2.45) is 0 Å². The number of para-hydroxylation sites is 1. The molecule has 3 aromatic heterocycles. The van der Waals surface area contributed by atoms with Crippen LogP contribution < -0.4 is 10.1 Å². The third-order valence-corrected chi connectivity index (χ3v) is 7.31. The molecule has 12 heteroatoms. The topological polar surface area (TPSA) is 126 Å². The fourth-order valence-electron chi connectivity index (χ4n) is 5.48. The van der Waals surface area contributed by atoms with Crippen LogP contribution >= 0.6 is 0 Å². The quantitative estimate of drug-likeness (QED) is 0.320. The van der Waals surface area contributed by atoms with E-state index in [9.17, 15) is 14.3 Å². The molecule has 4 aromatic rings. The van der Waals surface area contributed by atoms with E-state index in [1.54, 1.807) is 36.7 Å². The maximum atomic E-state index is 14.1. The highest BCUT2D eigenvalue weighted by Crippen LogP contribution is 2.37. The minimum Gasteiger partial charge on any atom is -0.487 e. The van der Waals surface area contributed by atoms with E-state index >= 15 is 0 Å². The predicted molar refractivity (Wildman–Crippen MR) is 144 cm³/mol. The SMILES string of the molecule is CC1(C)OC[C@@H](Cn2cc(-c3nn(C4CCC(Oc5ccccc5F)CC4)c4cc(NC(=O)O)ncc34)cn2)O1. The zero-order valence-corrected chi connectivity index (χ0v) is 22.3. The highest BCUT2D eigenvalue weighted by Gasteiger charge is 2.33. The first-order valence-corrected chi connectivity index (χ1v) is 13.4. The molecule has 0 unspecified atom stereocenters. The summed E-state index contributed by atoms with van der Waals surface area (Å²) in [6, 6.07) is 8.20. The third kappa shape index (κ3) is 5.50. The number of aromatic nitrogens is 5. The van der Waals surface area contributed by atoms with Crippen LogP contribution in [0.15, 0.2) is 48.9 Å². The number of benzene rings is 1. The van der Waals surface area contributed by atoms with Crippen LogP contribution in [0.3, 0.4) is 0 Å². The van der Waals surface area contributed by atoms with E-state index < -0.39 is 11.9 Å². The van der Waals surface area contributed by atoms with Crippen molar-refractivity contribution in [3.05, 3.63) is 54.7 Å². The number of halogens is 1. The average Bonchev–Trinajstić information content (AvgIpc) is 3.62. The van der Waals surface area contributed by atoms with Crippen molar-refractivity contribution < 1.29 is 28.5 Å². The lowest BCUT2D eigenvalue weighted by atomic mass is 9.93. The first kappa shape index (κ1) is 26.2. The van der Waals surface area contributed by atoms with E-state index in [-0.39, 0.29) is 35.6 Å². The minimum atomic E-state index is -1.19. The number of pyridine rings is 1. The molecular weight excluding hydrogens is 519 g/mol. The molecule has 40 heavy (non-hydrogen) atoms. The second-order valence-corrected chi connectivity index (χ2v) is 10.7. The summed E-state index contributed by atoms with van der Waals surface area (Å²) in [6.45, 7) is 4.81. The Kier molecular flexibility index (Phi) is 6.88. The lowest BCUT2D eigenvalue weighted by molar-refractivity contribution is -0.139. The Morgan fingerprint density at radius 3 is 2.75 bits per heavy atom. The Morgan fingerprint density at radius 2 is 2.02 bits per heavy atom. The number of hydrogen-bond acceptors (Lipinski definition) is 7. The highest BCUT2D eigenvalue weighted by molar-refractivity contribution is 5.95.